The molecule has 0 aliphatic heterocycles. The molecule has 0 unspecified atom stereocenters. The van der Waals surface area contributed by atoms with Crippen LogP contribution in [0.15, 0.2) is 91.0 Å². The van der Waals surface area contributed by atoms with Crippen LogP contribution in [0.2, 0.25) is 0 Å². The van der Waals surface area contributed by atoms with Crippen LogP contribution in [0.25, 0.3) is 5.57 Å². The lowest BCUT2D eigenvalue weighted by atomic mass is 9.84. The van der Waals surface area contributed by atoms with Gasteiger partial charge in [0.25, 0.3) is 0 Å². The summed E-state index contributed by atoms with van der Waals surface area (Å²) in [5.74, 6) is -2.21. The van der Waals surface area contributed by atoms with Crippen LogP contribution in [-0.2, 0) is 18.5 Å². The number of hydrogen-bond acceptors (Lipinski definition) is 6. The molecule has 0 bridgehead atoms. The summed E-state index contributed by atoms with van der Waals surface area (Å²) < 4.78 is 54.1. The van der Waals surface area contributed by atoms with Crippen LogP contribution in [0.1, 0.15) is 84.0 Å². The predicted molar refractivity (Wildman–Crippen MR) is 204 cm³/mol. The van der Waals surface area contributed by atoms with E-state index in [-0.39, 0.29) is 40.8 Å². The van der Waals surface area contributed by atoms with Crippen LogP contribution in [0.5, 0.6) is 5.75 Å². The number of benzene rings is 4. The molecule has 1 aliphatic carbocycles. The van der Waals surface area contributed by atoms with Crippen molar-refractivity contribution in [3.05, 3.63) is 148 Å². The number of allylic oxidation sites excluding steroid dienone is 1. The maximum atomic E-state index is 15.9. The minimum Gasteiger partial charge on any atom is -0.496 e. The third-order valence-corrected chi connectivity index (χ3v) is 10.00. The summed E-state index contributed by atoms with van der Waals surface area (Å²) in [5.41, 5.74) is 7.34. The molecular weight excluding hydrogens is 678 g/mol. The van der Waals surface area contributed by atoms with Gasteiger partial charge in [0.05, 0.1) is 54.1 Å². The summed E-state index contributed by atoms with van der Waals surface area (Å²) in [7, 11) is 1.55. The zero-order valence-electron chi connectivity index (χ0n) is 30.5. The van der Waals surface area contributed by atoms with E-state index >= 15 is 13.2 Å². The number of anilines is 1. The van der Waals surface area contributed by atoms with E-state index in [1.54, 1.807) is 35.8 Å². The Hall–Kier alpha value is -5.18. The lowest BCUT2D eigenvalue weighted by Gasteiger charge is -2.37. The average Bonchev–Trinajstić information content (AvgIpc) is 3.99. The fourth-order valence-electron chi connectivity index (χ4n) is 5.67. The number of halogens is 3. The van der Waals surface area contributed by atoms with Crippen molar-refractivity contribution >= 4 is 23.2 Å². The Morgan fingerprint density at radius 3 is 2.17 bits per heavy atom. The van der Waals surface area contributed by atoms with Crippen molar-refractivity contribution in [2.75, 3.05) is 12.1 Å². The van der Waals surface area contributed by atoms with E-state index in [9.17, 15) is 10.5 Å². The van der Waals surface area contributed by atoms with Gasteiger partial charge in [0.2, 0.25) is 0 Å². The van der Waals surface area contributed by atoms with Gasteiger partial charge in [0, 0.05) is 11.1 Å². The zero-order valence-corrected chi connectivity index (χ0v) is 31.4. The van der Waals surface area contributed by atoms with E-state index in [2.05, 4.69) is 70.5 Å². The first-order valence-electron chi connectivity index (χ1n) is 16.7. The standard InChI is InChI=1S/C40H39F3N4OS.C3H4/c1-24(20-44)34-15-14-33(19-31(34)21-45)46(22-27-16-30(28-12-13-28)18-32(17-27)40(4,5)6)47(23-29-10-8-9-11-35(29)48-7)49-39-37(42)26(3)25(2)36(41)38(39)43;1-3-2/h8-11,14-19,28H,1,12-13,22-23H2,2-7H3;1-2H2. The molecule has 0 N–H and O–H groups in total. The molecule has 0 amide bonds. The smallest absolute Gasteiger partial charge is 0.177 e. The number of hydrogen-bond donors (Lipinski definition) is 0. The second-order valence-electron chi connectivity index (χ2n) is 13.7. The van der Waals surface area contributed by atoms with Crippen LogP contribution < -0.4 is 9.75 Å². The Kier molecular flexibility index (Phi) is 12.9. The van der Waals surface area contributed by atoms with E-state index in [0.717, 1.165) is 35.9 Å². The summed E-state index contributed by atoms with van der Waals surface area (Å²) >= 11 is 0.737. The van der Waals surface area contributed by atoms with Crippen molar-refractivity contribution in [1.29, 1.82) is 10.5 Å². The van der Waals surface area contributed by atoms with Crippen LogP contribution in [0.4, 0.5) is 18.9 Å². The number of nitriles is 2. The molecule has 1 saturated carbocycles. The van der Waals surface area contributed by atoms with Crippen LogP contribution in [-0.4, -0.2) is 11.5 Å². The van der Waals surface area contributed by atoms with Gasteiger partial charge in [-0.1, -0.05) is 83.0 Å². The zero-order chi connectivity index (χ0) is 38.3. The first kappa shape index (κ1) is 39.6. The number of para-hydroxylation sites is 1. The van der Waals surface area contributed by atoms with Crippen molar-refractivity contribution in [1.82, 2.24) is 4.41 Å². The molecule has 0 saturated heterocycles. The summed E-state index contributed by atoms with van der Waals surface area (Å²) in [6, 6.07) is 23.1. The Balaban J connectivity index is 0.00000195. The second kappa shape index (κ2) is 16.9. The summed E-state index contributed by atoms with van der Waals surface area (Å²) in [6.45, 7) is 19.6. The molecule has 1 fully saturated rings. The van der Waals surface area contributed by atoms with Gasteiger partial charge < -0.3 is 4.74 Å². The number of methoxy groups -OCH3 is 1. The Labute approximate surface area is 310 Å². The topological polar surface area (TPSA) is 63.3 Å². The monoisotopic (exact) mass is 720 g/mol. The number of nitrogens with zero attached hydrogens (tertiary/aromatic N) is 4. The summed E-state index contributed by atoms with van der Waals surface area (Å²) in [6.07, 6.45) is 2.22. The third-order valence-electron chi connectivity index (χ3n) is 8.92. The first-order valence-corrected chi connectivity index (χ1v) is 17.5. The van der Waals surface area contributed by atoms with Crippen LogP contribution in [0.3, 0.4) is 0 Å². The van der Waals surface area contributed by atoms with Crippen LogP contribution in [0, 0.1) is 54.0 Å². The van der Waals surface area contributed by atoms with E-state index in [1.165, 1.54) is 19.4 Å². The maximum absolute atomic E-state index is 15.9. The highest BCUT2D eigenvalue weighted by molar-refractivity contribution is 7.97. The summed E-state index contributed by atoms with van der Waals surface area (Å²) in [4.78, 5) is -0.488. The molecule has 0 atom stereocenters. The SMILES string of the molecule is C=C(C#N)c1ccc(N(Cc2cc(C3CC3)cc(C(C)(C)C)c2)N(Cc2ccccc2OC)Sc2c(F)c(C)c(C)c(F)c2F)cc1C#N.C=C=C. The lowest BCUT2D eigenvalue weighted by Crippen LogP contribution is -2.38. The highest BCUT2D eigenvalue weighted by Crippen LogP contribution is 2.43. The van der Waals surface area contributed by atoms with Gasteiger partial charge in [-0.05, 0) is 96.0 Å². The molecule has 268 valence electrons. The molecule has 5 rings (SSSR count). The normalized spacial score (nSPS) is 12.2. The van der Waals surface area contributed by atoms with Gasteiger partial charge in [-0.25, -0.2) is 13.2 Å². The lowest BCUT2D eigenvalue weighted by molar-refractivity contribution is 0.381. The molecule has 0 heterocycles. The Bertz CT molecular complexity index is 2070. The van der Waals surface area contributed by atoms with Crippen molar-refractivity contribution in [2.45, 2.75) is 76.8 Å². The highest BCUT2D eigenvalue weighted by atomic mass is 32.2. The Morgan fingerprint density at radius 1 is 0.923 bits per heavy atom. The van der Waals surface area contributed by atoms with E-state index in [0.29, 0.717) is 28.5 Å². The quantitative estimate of drug-likeness (QED) is 0.0505. The van der Waals surface area contributed by atoms with Gasteiger partial charge in [0.15, 0.2) is 11.6 Å². The van der Waals surface area contributed by atoms with E-state index < -0.39 is 22.3 Å². The largest absolute Gasteiger partial charge is 0.496 e. The molecule has 4 aromatic rings. The number of rotatable bonds is 11. The minimum atomic E-state index is -1.28. The molecule has 0 aromatic heterocycles. The van der Waals surface area contributed by atoms with Gasteiger partial charge in [-0.15, -0.1) is 5.73 Å². The fraction of sp³-hybridized carbons (Fsp3) is 0.279. The number of hydrazine groups is 1. The third kappa shape index (κ3) is 8.99. The van der Waals surface area contributed by atoms with E-state index in [4.69, 9.17) is 4.74 Å². The molecule has 9 heteroatoms. The van der Waals surface area contributed by atoms with E-state index in [1.807, 2.05) is 29.3 Å². The van der Waals surface area contributed by atoms with Gasteiger partial charge in [0.1, 0.15) is 11.6 Å². The maximum Gasteiger partial charge on any atom is 0.177 e. The summed E-state index contributed by atoms with van der Waals surface area (Å²) in [5, 5.41) is 21.5. The van der Waals surface area contributed by atoms with Gasteiger partial charge in [-0.3, -0.25) is 5.01 Å². The molecular formula is C43H43F3N4OS. The molecule has 0 radical (unpaired) electrons. The Morgan fingerprint density at radius 2 is 1.58 bits per heavy atom. The first-order chi connectivity index (χ1) is 24.7. The molecule has 5 nitrogen and oxygen atoms in total. The highest BCUT2D eigenvalue weighted by Gasteiger charge is 2.30. The average molecular weight is 721 g/mol. The molecule has 1 aliphatic rings. The second-order valence-corrected chi connectivity index (χ2v) is 14.7. The van der Waals surface area contributed by atoms with Crippen LogP contribution >= 0.6 is 11.9 Å². The molecule has 52 heavy (non-hydrogen) atoms. The van der Waals surface area contributed by atoms with Crippen molar-refractivity contribution < 1.29 is 17.9 Å². The van der Waals surface area contributed by atoms with Crippen molar-refractivity contribution in [3.8, 4) is 17.9 Å². The molecule has 4 aromatic carbocycles. The van der Waals surface area contributed by atoms with Crippen molar-refractivity contribution in [3.63, 3.8) is 0 Å². The van der Waals surface area contributed by atoms with Crippen molar-refractivity contribution in [2.24, 2.45) is 0 Å². The number of ether oxygens (including phenoxy) is 1. The predicted octanol–water partition coefficient (Wildman–Crippen LogP) is 11.4. The van der Waals surface area contributed by atoms with Gasteiger partial charge >= 0.3 is 0 Å². The molecule has 0 spiro atoms. The van der Waals surface area contributed by atoms with Gasteiger partial charge in [-0.2, -0.15) is 14.9 Å². The fourth-order valence-corrected chi connectivity index (χ4v) is 6.74. The minimum absolute atomic E-state index is 0.0169.